The molecule has 0 aliphatic carbocycles. The molecule has 1 aliphatic heterocycles. The Morgan fingerprint density at radius 3 is 2.27 bits per heavy atom. The molecule has 26 heavy (non-hydrogen) atoms. The van der Waals surface area contributed by atoms with Crippen LogP contribution in [0.25, 0.3) is 0 Å². The summed E-state index contributed by atoms with van der Waals surface area (Å²) >= 11 is 0. The van der Waals surface area contributed by atoms with Crippen molar-refractivity contribution in [2.75, 3.05) is 27.8 Å². The molecule has 1 heterocycles. The molecule has 2 aromatic rings. The molecule has 5 heteroatoms. The molecule has 0 fully saturated rings. The van der Waals surface area contributed by atoms with Crippen molar-refractivity contribution >= 4 is 5.78 Å². The number of nitrogens with zero attached hydrogens (tertiary/aromatic N) is 1. The summed E-state index contributed by atoms with van der Waals surface area (Å²) in [5.74, 6) is 1.63. The second kappa shape index (κ2) is 7.79. The molecule has 138 valence electrons. The number of hydrogen-bond acceptors (Lipinski definition) is 5. The van der Waals surface area contributed by atoms with Crippen LogP contribution in [0.4, 0.5) is 0 Å². The molecule has 0 bridgehead atoms. The molecule has 0 N–H and O–H groups in total. The Hall–Kier alpha value is -2.53. The van der Waals surface area contributed by atoms with Crippen LogP contribution in [-0.4, -0.2) is 44.6 Å². The fourth-order valence-electron chi connectivity index (χ4n) is 3.08. The lowest BCUT2D eigenvalue weighted by atomic mass is 10.0. The average molecular weight is 355 g/mol. The van der Waals surface area contributed by atoms with Gasteiger partial charge in [-0.05, 0) is 30.8 Å². The van der Waals surface area contributed by atoms with Crippen molar-refractivity contribution in [1.29, 1.82) is 0 Å². The van der Waals surface area contributed by atoms with Crippen LogP contribution < -0.4 is 14.2 Å². The summed E-state index contributed by atoms with van der Waals surface area (Å²) < 4.78 is 16.4. The Morgan fingerprint density at radius 1 is 1.04 bits per heavy atom. The standard InChI is InChI=1S/C21H25NO4/c1-5-22(2)13-15-8-6-14(7-9-15)10-20-21(23)16-11-18(24-3)19(25-4)12-17(16)26-20/h6-9,11-12,20H,5,10,13H2,1-4H3. The molecule has 1 unspecified atom stereocenters. The first kappa shape index (κ1) is 18.3. The van der Waals surface area contributed by atoms with E-state index in [1.165, 1.54) is 5.56 Å². The van der Waals surface area contributed by atoms with Gasteiger partial charge in [0.15, 0.2) is 17.6 Å². The maximum absolute atomic E-state index is 12.7. The highest BCUT2D eigenvalue weighted by atomic mass is 16.5. The van der Waals surface area contributed by atoms with Crippen molar-refractivity contribution in [3.8, 4) is 17.2 Å². The highest BCUT2D eigenvalue weighted by Gasteiger charge is 2.34. The van der Waals surface area contributed by atoms with E-state index >= 15 is 0 Å². The predicted octanol–water partition coefficient (Wildman–Crippen LogP) is 3.34. The van der Waals surface area contributed by atoms with Crippen LogP contribution in [0.15, 0.2) is 36.4 Å². The first-order valence-corrected chi connectivity index (χ1v) is 8.79. The molecule has 0 spiro atoms. The van der Waals surface area contributed by atoms with E-state index in [1.54, 1.807) is 26.4 Å². The van der Waals surface area contributed by atoms with E-state index in [0.717, 1.165) is 18.7 Å². The molecule has 3 rings (SSSR count). The number of methoxy groups -OCH3 is 2. The highest BCUT2D eigenvalue weighted by molar-refractivity contribution is 6.05. The van der Waals surface area contributed by atoms with Gasteiger partial charge in [0, 0.05) is 19.0 Å². The minimum atomic E-state index is -0.508. The average Bonchev–Trinajstić information content (AvgIpc) is 2.96. The zero-order valence-electron chi connectivity index (χ0n) is 15.7. The van der Waals surface area contributed by atoms with E-state index in [4.69, 9.17) is 14.2 Å². The quantitative estimate of drug-likeness (QED) is 0.762. The summed E-state index contributed by atoms with van der Waals surface area (Å²) in [5, 5.41) is 0. The lowest BCUT2D eigenvalue weighted by Gasteiger charge is -2.14. The number of ether oxygens (including phenoxy) is 3. The SMILES string of the molecule is CCN(C)Cc1ccc(CC2Oc3cc(OC)c(OC)cc3C2=O)cc1. The molecule has 0 aromatic heterocycles. The normalized spacial score (nSPS) is 15.7. The Kier molecular flexibility index (Phi) is 5.47. The van der Waals surface area contributed by atoms with Gasteiger partial charge in [-0.1, -0.05) is 31.2 Å². The molecule has 0 saturated carbocycles. The first-order valence-electron chi connectivity index (χ1n) is 8.79. The molecule has 5 nitrogen and oxygen atoms in total. The van der Waals surface area contributed by atoms with Gasteiger partial charge in [-0.3, -0.25) is 4.79 Å². The first-order chi connectivity index (χ1) is 12.5. The van der Waals surface area contributed by atoms with Gasteiger partial charge in [0.25, 0.3) is 0 Å². The number of benzene rings is 2. The fourth-order valence-corrected chi connectivity index (χ4v) is 3.08. The molecule has 1 atom stereocenters. The Morgan fingerprint density at radius 2 is 1.65 bits per heavy atom. The number of ketones is 1. The number of carbonyl (C=O) groups is 1. The van der Waals surface area contributed by atoms with Crippen molar-refractivity contribution in [2.45, 2.75) is 26.0 Å². The van der Waals surface area contributed by atoms with Gasteiger partial charge in [0.05, 0.1) is 19.8 Å². The monoisotopic (exact) mass is 355 g/mol. The Bertz CT molecular complexity index is 785. The summed E-state index contributed by atoms with van der Waals surface area (Å²) in [7, 11) is 5.22. The lowest BCUT2D eigenvalue weighted by molar-refractivity contribution is 0.0857. The second-order valence-corrected chi connectivity index (χ2v) is 6.53. The summed E-state index contributed by atoms with van der Waals surface area (Å²) in [4.78, 5) is 14.9. The van der Waals surface area contributed by atoms with E-state index in [-0.39, 0.29) is 5.78 Å². The number of carbonyl (C=O) groups excluding carboxylic acids is 1. The van der Waals surface area contributed by atoms with E-state index in [0.29, 0.717) is 29.2 Å². The summed E-state index contributed by atoms with van der Waals surface area (Å²) in [5.41, 5.74) is 2.89. The van der Waals surface area contributed by atoms with Gasteiger partial charge in [0.1, 0.15) is 5.75 Å². The van der Waals surface area contributed by atoms with Crippen LogP contribution in [0.1, 0.15) is 28.4 Å². The number of fused-ring (bicyclic) bond motifs is 1. The van der Waals surface area contributed by atoms with Gasteiger partial charge in [0.2, 0.25) is 5.78 Å². The van der Waals surface area contributed by atoms with E-state index in [2.05, 4.69) is 43.1 Å². The summed E-state index contributed by atoms with van der Waals surface area (Å²) in [6.07, 6.45) is 0.0353. The molecule has 2 aromatic carbocycles. The largest absolute Gasteiger partial charge is 0.493 e. The Balaban J connectivity index is 1.72. The van der Waals surface area contributed by atoms with Crippen molar-refractivity contribution in [3.63, 3.8) is 0 Å². The number of rotatable bonds is 7. The van der Waals surface area contributed by atoms with Gasteiger partial charge in [-0.2, -0.15) is 0 Å². The topological polar surface area (TPSA) is 48.0 Å². The van der Waals surface area contributed by atoms with Crippen LogP contribution in [0, 0.1) is 0 Å². The third-order valence-corrected chi connectivity index (χ3v) is 4.75. The highest BCUT2D eigenvalue weighted by Crippen LogP contribution is 2.39. The van der Waals surface area contributed by atoms with Crippen molar-refractivity contribution < 1.29 is 19.0 Å². The van der Waals surface area contributed by atoms with E-state index in [9.17, 15) is 4.79 Å². The maximum Gasteiger partial charge on any atom is 0.207 e. The Labute approximate surface area is 154 Å². The zero-order valence-corrected chi connectivity index (χ0v) is 15.7. The summed E-state index contributed by atoms with van der Waals surface area (Å²) in [6.45, 7) is 4.07. The maximum atomic E-state index is 12.7. The zero-order chi connectivity index (χ0) is 18.7. The van der Waals surface area contributed by atoms with Crippen molar-refractivity contribution in [2.24, 2.45) is 0 Å². The van der Waals surface area contributed by atoms with Gasteiger partial charge in [-0.25, -0.2) is 0 Å². The molecule has 0 saturated heterocycles. The minimum Gasteiger partial charge on any atom is -0.493 e. The van der Waals surface area contributed by atoms with Crippen LogP contribution in [0.2, 0.25) is 0 Å². The molecule has 0 amide bonds. The van der Waals surface area contributed by atoms with Crippen molar-refractivity contribution in [1.82, 2.24) is 4.90 Å². The fraction of sp³-hybridized carbons (Fsp3) is 0.381. The number of hydrogen-bond donors (Lipinski definition) is 0. The van der Waals surface area contributed by atoms with Gasteiger partial charge in [-0.15, -0.1) is 0 Å². The number of Topliss-reactive ketones (excluding diaryl/α,β-unsaturated/α-hetero) is 1. The summed E-state index contributed by atoms with van der Waals surface area (Å²) in [6, 6.07) is 11.8. The third kappa shape index (κ3) is 3.68. The van der Waals surface area contributed by atoms with Crippen LogP contribution >= 0.6 is 0 Å². The second-order valence-electron chi connectivity index (χ2n) is 6.53. The van der Waals surface area contributed by atoms with Crippen LogP contribution in [-0.2, 0) is 13.0 Å². The van der Waals surface area contributed by atoms with Crippen LogP contribution in [0.3, 0.4) is 0 Å². The lowest BCUT2D eigenvalue weighted by Crippen LogP contribution is -2.23. The molecule has 0 radical (unpaired) electrons. The van der Waals surface area contributed by atoms with Gasteiger partial charge >= 0.3 is 0 Å². The minimum absolute atomic E-state index is 0.0178. The molecular weight excluding hydrogens is 330 g/mol. The van der Waals surface area contributed by atoms with Gasteiger partial charge < -0.3 is 19.1 Å². The van der Waals surface area contributed by atoms with Crippen molar-refractivity contribution in [3.05, 3.63) is 53.1 Å². The van der Waals surface area contributed by atoms with Crippen LogP contribution in [0.5, 0.6) is 17.2 Å². The molecule has 1 aliphatic rings. The molecular formula is C21H25NO4. The predicted molar refractivity (Wildman–Crippen MR) is 100 cm³/mol. The van der Waals surface area contributed by atoms with E-state index in [1.807, 2.05) is 0 Å². The third-order valence-electron chi connectivity index (χ3n) is 4.75. The van der Waals surface area contributed by atoms with E-state index < -0.39 is 6.10 Å². The smallest absolute Gasteiger partial charge is 0.207 e.